The Kier molecular flexibility index (Phi) is 9.81. The first-order chi connectivity index (χ1) is 9.70. The minimum atomic E-state index is -0.405. The van der Waals surface area contributed by atoms with Gasteiger partial charge in [-0.2, -0.15) is 0 Å². The van der Waals surface area contributed by atoms with Crippen molar-refractivity contribution in [3.8, 4) is 5.75 Å². The lowest BCUT2D eigenvalue weighted by Crippen LogP contribution is -2.30. The number of ether oxygens (including phenoxy) is 2. The van der Waals surface area contributed by atoms with Crippen LogP contribution in [0.5, 0.6) is 5.75 Å². The molecule has 5 nitrogen and oxygen atoms in total. The van der Waals surface area contributed by atoms with Gasteiger partial charge in [-0.15, -0.1) is 24.8 Å². The minimum absolute atomic E-state index is 0. The van der Waals surface area contributed by atoms with Crippen LogP contribution in [0.25, 0.3) is 6.08 Å². The number of halogens is 2. The molecule has 2 rings (SSSR count). The second kappa shape index (κ2) is 10.4. The number of likely N-dealkylation sites (tertiary alicyclic amines) is 1. The third-order valence-electron chi connectivity index (χ3n) is 3.48. The molecule has 124 valence electrons. The van der Waals surface area contributed by atoms with Crippen molar-refractivity contribution in [2.45, 2.75) is 18.9 Å². The molecule has 1 aliphatic heterocycles. The molecule has 0 spiro atoms. The minimum Gasteiger partial charge on any atom is -0.490 e. The summed E-state index contributed by atoms with van der Waals surface area (Å²) in [7, 11) is 3.46. The quantitative estimate of drug-likeness (QED) is 0.604. The van der Waals surface area contributed by atoms with E-state index in [1.807, 2.05) is 12.1 Å². The number of carbonyl (C=O) groups is 1. The summed E-state index contributed by atoms with van der Waals surface area (Å²) in [6.07, 6.45) is 7.00. The van der Waals surface area contributed by atoms with Crippen LogP contribution in [0.2, 0.25) is 0 Å². The molecule has 0 aliphatic carbocycles. The molecule has 1 aromatic rings. The fourth-order valence-electron chi connectivity index (χ4n) is 2.24. The number of aromatic nitrogens is 1. The highest BCUT2D eigenvalue weighted by Gasteiger charge is 2.21. The van der Waals surface area contributed by atoms with Gasteiger partial charge < -0.3 is 14.4 Å². The zero-order chi connectivity index (χ0) is 14.4. The summed E-state index contributed by atoms with van der Waals surface area (Å²) in [5.74, 6) is 0.282. The monoisotopic (exact) mass is 348 g/mol. The number of likely N-dealkylation sites (N-methyl/N-ethyl adjacent to an activating group) is 1. The fourth-order valence-corrected chi connectivity index (χ4v) is 2.24. The number of methoxy groups -OCH3 is 1. The second-order valence-electron chi connectivity index (χ2n) is 4.83. The van der Waals surface area contributed by atoms with Crippen molar-refractivity contribution in [2.24, 2.45) is 0 Å². The van der Waals surface area contributed by atoms with Gasteiger partial charge in [-0.05, 0) is 44.6 Å². The van der Waals surface area contributed by atoms with Gasteiger partial charge in [0.15, 0.2) is 0 Å². The molecule has 0 aromatic carbocycles. The molecule has 1 fully saturated rings. The van der Waals surface area contributed by atoms with Crippen LogP contribution in [0.4, 0.5) is 0 Å². The highest BCUT2D eigenvalue weighted by atomic mass is 35.5. The van der Waals surface area contributed by atoms with Gasteiger partial charge in [-0.25, -0.2) is 4.79 Å². The maximum absolute atomic E-state index is 11.1. The van der Waals surface area contributed by atoms with Crippen LogP contribution in [0.3, 0.4) is 0 Å². The zero-order valence-electron chi connectivity index (χ0n) is 12.7. The van der Waals surface area contributed by atoms with Crippen LogP contribution < -0.4 is 4.74 Å². The van der Waals surface area contributed by atoms with E-state index >= 15 is 0 Å². The Hall–Kier alpha value is -1.30. The lowest BCUT2D eigenvalue weighted by molar-refractivity contribution is -0.134. The Morgan fingerprint density at radius 1 is 1.50 bits per heavy atom. The average Bonchev–Trinajstić information content (AvgIpc) is 2.88. The first-order valence-electron chi connectivity index (χ1n) is 6.75. The molecular weight excluding hydrogens is 327 g/mol. The Morgan fingerprint density at radius 2 is 2.27 bits per heavy atom. The number of nitrogens with zero attached hydrogens (tertiary/aromatic N) is 2. The molecular formula is C15H22Cl2N2O3. The topological polar surface area (TPSA) is 51.7 Å². The van der Waals surface area contributed by atoms with Gasteiger partial charge in [0.25, 0.3) is 0 Å². The Balaban J connectivity index is 0.00000220. The largest absolute Gasteiger partial charge is 0.490 e. The van der Waals surface area contributed by atoms with Gasteiger partial charge in [-0.1, -0.05) is 0 Å². The van der Waals surface area contributed by atoms with Gasteiger partial charge in [0.05, 0.1) is 7.11 Å². The molecule has 0 radical (unpaired) electrons. The number of pyridine rings is 1. The van der Waals surface area contributed by atoms with Crippen molar-refractivity contribution in [1.29, 1.82) is 0 Å². The smallest absolute Gasteiger partial charge is 0.330 e. The van der Waals surface area contributed by atoms with Crippen molar-refractivity contribution in [1.82, 2.24) is 9.88 Å². The van der Waals surface area contributed by atoms with Gasteiger partial charge in [0.1, 0.15) is 18.1 Å². The van der Waals surface area contributed by atoms with E-state index in [-0.39, 0.29) is 24.8 Å². The lowest BCUT2D eigenvalue weighted by Gasteiger charge is -2.20. The van der Waals surface area contributed by atoms with E-state index in [0.717, 1.165) is 13.0 Å². The van der Waals surface area contributed by atoms with Gasteiger partial charge in [-0.3, -0.25) is 4.98 Å². The predicted molar refractivity (Wildman–Crippen MR) is 90.9 cm³/mol. The molecule has 7 heteroatoms. The molecule has 1 aromatic heterocycles. The Bertz CT molecular complexity index is 497. The van der Waals surface area contributed by atoms with Crippen LogP contribution in [0, 0.1) is 0 Å². The Morgan fingerprint density at radius 3 is 2.91 bits per heavy atom. The highest BCUT2D eigenvalue weighted by Crippen LogP contribution is 2.20. The fraction of sp³-hybridized carbons (Fsp3) is 0.467. The van der Waals surface area contributed by atoms with E-state index in [2.05, 4.69) is 21.7 Å². The van der Waals surface area contributed by atoms with Crippen molar-refractivity contribution >= 4 is 36.9 Å². The maximum atomic E-state index is 11.1. The molecule has 1 saturated heterocycles. The predicted octanol–water partition coefficient (Wildman–Crippen LogP) is 2.58. The summed E-state index contributed by atoms with van der Waals surface area (Å²) in [5, 5.41) is 0. The van der Waals surface area contributed by atoms with Gasteiger partial charge >= 0.3 is 5.97 Å². The first kappa shape index (κ1) is 20.7. The van der Waals surface area contributed by atoms with Crippen molar-refractivity contribution in [2.75, 3.05) is 27.3 Å². The molecule has 0 amide bonds. The summed E-state index contributed by atoms with van der Waals surface area (Å²) in [5.41, 5.74) is 0.638. The third kappa shape index (κ3) is 5.83. The average molecular weight is 349 g/mol. The molecule has 1 aliphatic rings. The van der Waals surface area contributed by atoms with E-state index in [1.165, 1.54) is 19.6 Å². The Labute approximate surface area is 143 Å². The standard InChI is InChI=1S/C15H20N2O3.2ClH/c1-17-10-4-5-12(17)11-20-14-6-3-9-16-13(14)7-8-15(18)19-2;;/h3,6-9,12H,4-5,10-11H2,1-2H3;2*1H/t12-;;/m0../s1. The molecule has 2 heterocycles. The van der Waals surface area contributed by atoms with Gasteiger partial charge in [0.2, 0.25) is 0 Å². The maximum Gasteiger partial charge on any atom is 0.330 e. The highest BCUT2D eigenvalue weighted by molar-refractivity contribution is 5.87. The summed E-state index contributed by atoms with van der Waals surface area (Å²) in [6.45, 7) is 1.76. The summed E-state index contributed by atoms with van der Waals surface area (Å²) < 4.78 is 10.4. The summed E-state index contributed by atoms with van der Waals surface area (Å²) in [4.78, 5) is 17.6. The molecule has 1 atom stereocenters. The summed E-state index contributed by atoms with van der Waals surface area (Å²) >= 11 is 0. The normalized spacial score (nSPS) is 17.6. The second-order valence-corrected chi connectivity index (χ2v) is 4.83. The van der Waals surface area contributed by atoms with Crippen molar-refractivity contribution in [3.63, 3.8) is 0 Å². The third-order valence-corrected chi connectivity index (χ3v) is 3.48. The van der Waals surface area contributed by atoms with Crippen LogP contribution in [-0.4, -0.2) is 49.2 Å². The van der Waals surface area contributed by atoms with E-state index in [4.69, 9.17) is 4.74 Å². The number of rotatable bonds is 5. The number of hydrogen-bond acceptors (Lipinski definition) is 5. The lowest BCUT2D eigenvalue weighted by atomic mass is 10.2. The zero-order valence-corrected chi connectivity index (χ0v) is 14.4. The van der Waals surface area contributed by atoms with Crippen LogP contribution in [0.15, 0.2) is 24.4 Å². The molecule has 0 unspecified atom stereocenters. The SMILES string of the molecule is COC(=O)C=Cc1ncccc1OC[C@@H]1CCCN1C.Cl.Cl. The summed E-state index contributed by atoms with van der Waals surface area (Å²) in [6, 6.07) is 4.13. The van der Waals surface area contributed by atoms with E-state index in [1.54, 1.807) is 12.3 Å². The van der Waals surface area contributed by atoms with Crippen molar-refractivity contribution in [3.05, 3.63) is 30.1 Å². The van der Waals surface area contributed by atoms with Crippen molar-refractivity contribution < 1.29 is 14.3 Å². The number of carbonyl (C=O) groups excluding carboxylic acids is 1. The first-order valence-corrected chi connectivity index (χ1v) is 6.75. The van der Waals surface area contributed by atoms with Crippen LogP contribution in [-0.2, 0) is 9.53 Å². The van der Waals surface area contributed by atoms with E-state index in [0.29, 0.717) is 24.1 Å². The van der Waals surface area contributed by atoms with E-state index in [9.17, 15) is 4.79 Å². The number of hydrogen-bond donors (Lipinski definition) is 0. The number of esters is 1. The van der Waals surface area contributed by atoms with Crippen LogP contribution in [0.1, 0.15) is 18.5 Å². The molecule has 0 N–H and O–H groups in total. The van der Waals surface area contributed by atoms with E-state index < -0.39 is 5.97 Å². The molecule has 0 saturated carbocycles. The molecule has 0 bridgehead atoms. The van der Waals surface area contributed by atoms with Crippen LogP contribution >= 0.6 is 24.8 Å². The van der Waals surface area contributed by atoms with Gasteiger partial charge in [0, 0.05) is 18.3 Å². The molecule has 22 heavy (non-hydrogen) atoms.